The summed E-state index contributed by atoms with van der Waals surface area (Å²) >= 11 is 6.35. The normalized spacial score (nSPS) is 32.4. The molecule has 4 aliphatic rings. The summed E-state index contributed by atoms with van der Waals surface area (Å²) in [6, 6.07) is 11.2. The molecule has 0 spiro atoms. The maximum absolute atomic E-state index is 13.5. The van der Waals surface area contributed by atoms with E-state index in [0.717, 1.165) is 69.3 Å². The van der Waals surface area contributed by atoms with E-state index in [1.54, 1.807) is 25.1 Å². The predicted octanol–water partition coefficient (Wildman–Crippen LogP) is 5.71. The van der Waals surface area contributed by atoms with Gasteiger partial charge < -0.3 is 24.2 Å². The Morgan fingerprint density at radius 2 is 1.74 bits per heavy atom. The van der Waals surface area contributed by atoms with Crippen molar-refractivity contribution in [3.05, 3.63) is 58.1 Å². The van der Waals surface area contributed by atoms with Gasteiger partial charge in [-0.1, -0.05) is 31.0 Å². The van der Waals surface area contributed by atoms with E-state index in [0.29, 0.717) is 35.6 Å². The fourth-order valence-electron chi connectivity index (χ4n) is 7.55. The fraction of sp³-hybridized carbons (Fsp3) is 0.629. The van der Waals surface area contributed by atoms with Crippen LogP contribution in [0.5, 0.6) is 5.75 Å². The van der Waals surface area contributed by atoms with Crippen molar-refractivity contribution >= 4 is 33.2 Å². The van der Waals surface area contributed by atoms with E-state index < -0.39 is 27.3 Å². The van der Waals surface area contributed by atoms with Crippen LogP contribution >= 0.6 is 11.6 Å². The number of aliphatic hydroxyl groups excluding tert-OH is 1. The third kappa shape index (κ3) is 7.51. The predicted molar refractivity (Wildman–Crippen MR) is 178 cm³/mol. The van der Waals surface area contributed by atoms with Gasteiger partial charge in [0.15, 0.2) is 6.29 Å². The highest BCUT2D eigenvalue weighted by Crippen LogP contribution is 2.46. The van der Waals surface area contributed by atoms with Crippen LogP contribution in [0.25, 0.3) is 0 Å². The molecule has 1 saturated carbocycles. The van der Waals surface area contributed by atoms with Crippen molar-refractivity contribution in [2.75, 3.05) is 31.2 Å². The molecule has 9 nitrogen and oxygen atoms in total. The van der Waals surface area contributed by atoms with E-state index in [4.69, 9.17) is 25.8 Å². The van der Waals surface area contributed by atoms with Crippen molar-refractivity contribution in [1.82, 2.24) is 4.72 Å². The van der Waals surface area contributed by atoms with Crippen LogP contribution in [0, 0.1) is 23.7 Å². The second-order valence-electron chi connectivity index (χ2n) is 13.7. The topological polar surface area (TPSA) is 114 Å². The number of nitrogens with one attached hydrogen (secondary N) is 1. The van der Waals surface area contributed by atoms with Gasteiger partial charge in [-0.05, 0) is 111 Å². The van der Waals surface area contributed by atoms with Gasteiger partial charge in [-0.25, -0.2) is 13.1 Å². The molecule has 0 aromatic heterocycles. The summed E-state index contributed by atoms with van der Waals surface area (Å²) < 4.78 is 47.7. The average Bonchev–Trinajstić information content (AvgIpc) is 3.05. The van der Waals surface area contributed by atoms with Crippen LogP contribution in [0.15, 0.2) is 36.4 Å². The van der Waals surface area contributed by atoms with Gasteiger partial charge in [0.25, 0.3) is 5.91 Å². The molecule has 2 aromatic carbocycles. The van der Waals surface area contributed by atoms with E-state index in [1.165, 1.54) is 5.56 Å². The quantitative estimate of drug-likeness (QED) is 0.396. The SMILES string of the molecule is C[C@@H]1[C@@H](C)CCC[C@H]([C@H]2OC[C@H](O)CO2)[C@@H]2CC[C@H]2CN2CCCCc3cc(Cl)ccc3COc3ccc(cc32)C(=O)NS1(=O)=O. The van der Waals surface area contributed by atoms with E-state index >= 15 is 0 Å². The highest BCUT2D eigenvalue weighted by Gasteiger charge is 2.43. The lowest BCUT2D eigenvalue weighted by Crippen LogP contribution is -2.48. The molecule has 2 bridgehead atoms. The van der Waals surface area contributed by atoms with Crippen molar-refractivity contribution in [3.63, 3.8) is 0 Å². The number of anilines is 1. The molecule has 3 heterocycles. The van der Waals surface area contributed by atoms with Gasteiger partial charge >= 0.3 is 0 Å². The number of hydrogen-bond acceptors (Lipinski definition) is 8. The van der Waals surface area contributed by atoms with Crippen LogP contribution in [0.2, 0.25) is 5.02 Å². The third-order valence-electron chi connectivity index (χ3n) is 10.7. The summed E-state index contributed by atoms with van der Waals surface area (Å²) in [5.41, 5.74) is 3.34. The van der Waals surface area contributed by atoms with E-state index in [1.807, 2.05) is 25.1 Å². The lowest BCUT2D eigenvalue weighted by Gasteiger charge is -2.47. The first-order valence-corrected chi connectivity index (χ1v) is 18.8. The van der Waals surface area contributed by atoms with Crippen LogP contribution in [0.1, 0.15) is 80.3 Å². The number of carbonyl (C=O) groups is 1. The Hall–Kier alpha value is -2.37. The molecule has 2 aromatic rings. The molecule has 1 saturated heterocycles. The lowest BCUT2D eigenvalue weighted by molar-refractivity contribution is -0.252. The molecule has 3 aliphatic heterocycles. The van der Waals surface area contributed by atoms with Gasteiger partial charge in [0.05, 0.1) is 24.2 Å². The highest BCUT2D eigenvalue weighted by atomic mass is 35.5. The standard InChI is InChI=1S/C35H47ClN2O7S/c1-22-6-5-8-31(35-44-20-29(39)21-45-35)30-13-10-26(30)18-38-15-4-3-7-24-16-28(36)12-9-27(24)19-43-33-14-11-25(17-32(33)38)34(40)37-46(41,42)23(22)2/h9,11-12,14,16-17,22-23,26,29-31,35,39H,3-8,10,13,15,18-21H2,1-2H3,(H,37,40)/t22-,23+,26-,29-,30+,31-,35-/m0/s1. The Bertz CT molecular complexity index is 1500. The number of fused-ring (bicyclic) bond motifs is 3. The summed E-state index contributed by atoms with van der Waals surface area (Å²) in [6.07, 6.45) is 6.30. The zero-order valence-electron chi connectivity index (χ0n) is 26.8. The summed E-state index contributed by atoms with van der Waals surface area (Å²) in [5, 5.41) is 10.00. The minimum atomic E-state index is -3.92. The Morgan fingerprint density at radius 3 is 2.50 bits per heavy atom. The molecular weight excluding hydrogens is 628 g/mol. The molecule has 46 heavy (non-hydrogen) atoms. The maximum Gasteiger partial charge on any atom is 0.264 e. The summed E-state index contributed by atoms with van der Waals surface area (Å²) in [5.74, 6) is 0.776. The number of hydrogen-bond donors (Lipinski definition) is 2. The van der Waals surface area contributed by atoms with Crippen molar-refractivity contribution in [1.29, 1.82) is 0 Å². The molecular formula is C35H47ClN2O7S. The van der Waals surface area contributed by atoms with Crippen LogP contribution in [0.3, 0.4) is 0 Å². The number of sulfonamides is 1. The third-order valence-corrected chi connectivity index (χ3v) is 12.8. The molecule has 6 rings (SSSR count). The first-order chi connectivity index (χ1) is 22.1. The Kier molecular flexibility index (Phi) is 10.5. The minimum absolute atomic E-state index is 0.142. The van der Waals surface area contributed by atoms with Crippen LogP contribution in [-0.2, 0) is 32.5 Å². The molecule has 5 atom stereocenters. The molecule has 0 unspecified atom stereocenters. The summed E-state index contributed by atoms with van der Waals surface area (Å²) in [6.45, 7) is 6.04. The molecule has 11 heteroatoms. The zero-order chi connectivity index (χ0) is 32.4. The fourth-order valence-corrected chi connectivity index (χ4v) is 9.06. The Labute approximate surface area is 278 Å². The van der Waals surface area contributed by atoms with Gasteiger partial charge in [-0.2, -0.15) is 0 Å². The Balaban J connectivity index is 1.36. The van der Waals surface area contributed by atoms with Gasteiger partial charge in [-0.15, -0.1) is 0 Å². The van der Waals surface area contributed by atoms with Crippen molar-refractivity contribution in [2.24, 2.45) is 23.7 Å². The smallest absolute Gasteiger partial charge is 0.264 e. The average molecular weight is 675 g/mol. The zero-order valence-corrected chi connectivity index (χ0v) is 28.4. The largest absolute Gasteiger partial charge is 0.487 e. The molecule has 252 valence electrons. The minimum Gasteiger partial charge on any atom is -0.487 e. The lowest BCUT2D eigenvalue weighted by atomic mass is 9.65. The molecule has 1 aliphatic carbocycles. The second-order valence-corrected chi connectivity index (χ2v) is 16.2. The summed E-state index contributed by atoms with van der Waals surface area (Å²) in [7, 11) is -3.92. The van der Waals surface area contributed by atoms with E-state index in [2.05, 4.69) is 9.62 Å². The van der Waals surface area contributed by atoms with Crippen LogP contribution in [-0.4, -0.2) is 63.4 Å². The molecule has 1 amide bonds. The van der Waals surface area contributed by atoms with Gasteiger partial charge in [0.2, 0.25) is 10.0 Å². The number of carbonyl (C=O) groups excluding carboxylic acids is 1. The number of aliphatic hydroxyl groups is 1. The Morgan fingerprint density at radius 1 is 0.935 bits per heavy atom. The maximum atomic E-state index is 13.5. The number of rotatable bonds is 1. The van der Waals surface area contributed by atoms with Gasteiger partial charge in [0.1, 0.15) is 18.5 Å². The number of halogens is 1. The van der Waals surface area contributed by atoms with Crippen molar-refractivity contribution in [3.8, 4) is 5.75 Å². The van der Waals surface area contributed by atoms with Gasteiger partial charge in [-0.3, -0.25) is 4.79 Å². The van der Waals surface area contributed by atoms with Crippen molar-refractivity contribution in [2.45, 2.75) is 89.5 Å². The van der Waals surface area contributed by atoms with Gasteiger partial charge in [0, 0.05) is 29.6 Å². The number of nitrogens with zero attached hydrogens (tertiary/aromatic N) is 1. The van der Waals surface area contributed by atoms with Crippen molar-refractivity contribution < 1.29 is 32.5 Å². The highest BCUT2D eigenvalue weighted by molar-refractivity contribution is 7.90. The van der Waals surface area contributed by atoms with E-state index in [9.17, 15) is 18.3 Å². The monoisotopic (exact) mass is 674 g/mol. The second kappa shape index (κ2) is 14.4. The number of aryl methyl sites for hydroxylation is 1. The number of ether oxygens (including phenoxy) is 3. The number of benzene rings is 2. The van der Waals surface area contributed by atoms with Crippen LogP contribution in [0.4, 0.5) is 5.69 Å². The van der Waals surface area contributed by atoms with Crippen LogP contribution < -0.4 is 14.4 Å². The summed E-state index contributed by atoms with van der Waals surface area (Å²) in [4.78, 5) is 15.8. The molecule has 2 fully saturated rings. The molecule has 0 radical (unpaired) electrons. The number of amides is 1. The molecule has 2 N–H and O–H groups in total. The van der Waals surface area contributed by atoms with E-state index in [-0.39, 0.29) is 36.9 Å². The first-order valence-electron chi connectivity index (χ1n) is 16.9. The first kappa shape index (κ1) is 33.5.